The highest BCUT2D eigenvalue weighted by atomic mass is 32.1. The van der Waals surface area contributed by atoms with E-state index in [4.69, 9.17) is 10.5 Å². The first-order valence-electron chi connectivity index (χ1n) is 10.2. The Hall–Kier alpha value is -3.27. The number of nitrogen functional groups attached to an aromatic ring is 1. The van der Waals surface area contributed by atoms with Crippen LogP contribution in [0.3, 0.4) is 0 Å². The molecule has 4 rings (SSSR count). The van der Waals surface area contributed by atoms with Crippen LogP contribution in [0, 0.1) is 0 Å². The van der Waals surface area contributed by atoms with Crippen molar-refractivity contribution in [2.45, 2.75) is 19.8 Å². The summed E-state index contributed by atoms with van der Waals surface area (Å²) >= 11 is 1.34. The van der Waals surface area contributed by atoms with Crippen LogP contribution in [0.2, 0.25) is 0 Å². The van der Waals surface area contributed by atoms with E-state index >= 15 is 0 Å². The van der Waals surface area contributed by atoms with E-state index in [1.165, 1.54) is 11.3 Å². The van der Waals surface area contributed by atoms with E-state index in [9.17, 15) is 9.59 Å². The van der Waals surface area contributed by atoms with E-state index in [0.717, 1.165) is 5.56 Å². The van der Waals surface area contributed by atoms with Crippen molar-refractivity contribution in [2.75, 3.05) is 43.4 Å². The summed E-state index contributed by atoms with van der Waals surface area (Å²) in [5.41, 5.74) is 7.42. The Morgan fingerprint density at radius 1 is 1.23 bits per heavy atom. The van der Waals surface area contributed by atoms with Gasteiger partial charge in [-0.05, 0) is 25.0 Å². The molecule has 3 aromatic heterocycles. The lowest BCUT2D eigenvalue weighted by atomic mass is 10.1. The number of rotatable bonds is 6. The minimum atomic E-state index is -0.396. The van der Waals surface area contributed by atoms with Gasteiger partial charge in [-0.3, -0.25) is 9.78 Å². The lowest BCUT2D eigenvalue weighted by molar-refractivity contribution is -0.131. The maximum absolute atomic E-state index is 12.6. The highest BCUT2D eigenvalue weighted by Gasteiger charge is 2.26. The number of carbonyl (C=O) groups excluding carboxylic acids is 2. The lowest BCUT2D eigenvalue weighted by Crippen LogP contribution is -2.49. The second kappa shape index (κ2) is 9.25. The van der Waals surface area contributed by atoms with Gasteiger partial charge in [0.05, 0.1) is 17.6 Å². The number of carbonyl (C=O) groups is 2. The Kier molecular flexibility index (Phi) is 6.26. The van der Waals surface area contributed by atoms with Crippen molar-refractivity contribution < 1.29 is 14.3 Å². The average Bonchev–Trinajstić information content (AvgIpc) is 3.22. The summed E-state index contributed by atoms with van der Waals surface area (Å²) < 4.78 is 5.18. The van der Waals surface area contributed by atoms with Crippen LogP contribution >= 0.6 is 11.3 Å². The number of hydrogen-bond donors (Lipinski definition) is 1. The summed E-state index contributed by atoms with van der Waals surface area (Å²) in [4.78, 5) is 42.4. The largest absolute Gasteiger partial charge is 0.462 e. The number of amides is 1. The fourth-order valence-corrected chi connectivity index (χ4v) is 4.56. The first-order chi connectivity index (χ1) is 15.1. The Balaban J connectivity index is 1.46. The zero-order valence-electron chi connectivity index (χ0n) is 17.3. The summed E-state index contributed by atoms with van der Waals surface area (Å²) in [6.45, 7) is 4.42. The lowest BCUT2D eigenvalue weighted by Gasteiger charge is -2.35. The Labute approximate surface area is 183 Å². The van der Waals surface area contributed by atoms with E-state index in [2.05, 4.69) is 19.9 Å². The van der Waals surface area contributed by atoms with Crippen LogP contribution in [-0.2, 0) is 16.0 Å². The number of ether oxygens (including phenoxy) is 1. The molecule has 1 amide bonds. The highest BCUT2D eigenvalue weighted by molar-refractivity contribution is 7.17. The van der Waals surface area contributed by atoms with Crippen molar-refractivity contribution in [1.29, 1.82) is 0 Å². The molecule has 0 spiro atoms. The molecule has 162 valence electrons. The van der Waals surface area contributed by atoms with Crippen molar-refractivity contribution in [3.8, 4) is 0 Å². The van der Waals surface area contributed by atoms with Gasteiger partial charge >= 0.3 is 5.97 Å². The van der Waals surface area contributed by atoms with Crippen LogP contribution in [0.25, 0.3) is 10.2 Å². The van der Waals surface area contributed by atoms with Gasteiger partial charge in [-0.2, -0.15) is 4.98 Å². The van der Waals surface area contributed by atoms with E-state index in [1.54, 1.807) is 24.7 Å². The summed E-state index contributed by atoms with van der Waals surface area (Å²) in [7, 11) is 0. The van der Waals surface area contributed by atoms with Gasteiger partial charge in [0.2, 0.25) is 11.9 Å². The summed E-state index contributed by atoms with van der Waals surface area (Å²) in [5.74, 6) is 0.509. The molecular formula is C21H24N6O3S. The van der Waals surface area contributed by atoms with E-state index in [1.807, 2.05) is 17.0 Å². The summed E-state index contributed by atoms with van der Waals surface area (Å²) in [6, 6.07) is 3.85. The van der Waals surface area contributed by atoms with Gasteiger partial charge in [-0.1, -0.05) is 6.07 Å². The fourth-order valence-electron chi connectivity index (χ4n) is 3.65. The molecule has 0 saturated carbocycles. The van der Waals surface area contributed by atoms with Crippen molar-refractivity contribution in [3.63, 3.8) is 0 Å². The molecule has 0 aromatic carbocycles. The Morgan fingerprint density at radius 3 is 2.74 bits per heavy atom. The molecule has 4 heterocycles. The Morgan fingerprint density at radius 2 is 2.03 bits per heavy atom. The minimum absolute atomic E-state index is 0.124. The van der Waals surface area contributed by atoms with Crippen molar-refractivity contribution >= 4 is 45.2 Å². The molecule has 1 aliphatic heterocycles. The van der Waals surface area contributed by atoms with Gasteiger partial charge in [-0.25, -0.2) is 9.78 Å². The number of esters is 1. The molecule has 0 bridgehead atoms. The molecule has 1 fully saturated rings. The SMILES string of the molecule is CCOC(=O)c1csc2nc(N)nc(N3CCN(C(=O)CCc4cccnc4)CC3)c12. The molecule has 0 aliphatic carbocycles. The summed E-state index contributed by atoms with van der Waals surface area (Å²) in [5, 5.41) is 2.40. The smallest absolute Gasteiger partial charge is 0.339 e. The van der Waals surface area contributed by atoms with Gasteiger partial charge in [0, 0.05) is 50.4 Å². The van der Waals surface area contributed by atoms with Crippen molar-refractivity contribution in [1.82, 2.24) is 19.9 Å². The third kappa shape index (κ3) is 4.58. The molecule has 9 nitrogen and oxygen atoms in total. The van der Waals surface area contributed by atoms with Crippen LogP contribution in [-0.4, -0.2) is 64.5 Å². The van der Waals surface area contributed by atoms with E-state index < -0.39 is 5.97 Å². The maximum atomic E-state index is 12.6. The minimum Gasteiger partial charge on any atom is -0.462 e. The molecule has 1 aliphatic rings. The molecule has 10 heteroatoms. The first-order valence-corrected chi connectivity index (χ1v) is 11.1. The molecule has 0 unspecified atom stereocenters. The van der Waals surface area contributed by atoms with Crippen molar-refractivity contribution in [3.05, 3.63) is 41.0 Å². The molecule has 1 saturated heterocycles. The highest BCUT2D eigenvalue weighted by Crippen LogP contribution is 2.33. The zero-order valence-corrected chi connectivity index (χ0v) is 18.1. The van der Waals surface area contributed by atoms with Gasteiger partial charge in [-0.15, -0.1) is 11.3 Å². The number of aryl methyl sites for hydroxylation is 1. The molecule has 0 atom stereocenters. The number of fused-ring (bicyclic) bond motifs is 1. The number of hydrogen-bond acceptors (Lipinski definition) is 9. The van der Waals surface area contributed by atoms with Crippen LogP contribution in [0.15, 0.2) is 29.9 Å². The number of piperazine rings is 1. The number of anilines is 2. The number of aromatic nitrogens is 3. The predicted octanol–water partition coefficient (Wildman–Crippen LogP) is 2.13. The number of nitrogens with zero attached hydrogens (tertiary/aromatic N) is 5. The average molecular weight is 441 g/mol. The van der Waals surface area contributed by atoms with Crippen LogP contribution in [0.4, 0.5) is 11.8 Å². The van der Waals surface area contributed by atoms with Crippen LogP contribution in [0.1, 0.15) is 29.3 Å². The second-order valence-corrected chi connectivity index (χ2v) is 8.04. The maximum Gasteiger partial charge on any atom is 0.339 e. The molecular weight excluding hydrogens is 416 g/mol. The zero-order chi connectivity index (χ0) is 21.8. The predicted molar refractivity (Wildman–Crippen MR) is 119 cm³/mol. The van der Waals surface area contributed by atoms with Gasteiger partial charge in [0.25, 0.3) is 0 Å². The number of thiophene rings is 1. The summed E-state index contributed by atoms with van der Waals surface area (Å²) in [6.07, 6.45) is 4.64. The topological polar surface area (TPSA) is 115 Å². The quantitative estimate of drug-likeness (QED) is 0.580. The molecule has 0 radical (unpaired) electrons. The Bertz CT molecular complexity index is 1080. The fraction of sp³-hybridized carbons (Fsp3) is 0.381. The third-order valence-electron chi connectivity index (χ3n) is 5.21. The van der Waals surface area contributed by atoms with Crippen LogP contribution in [0.5, 0.6) is 0 Å². The molecule has 31 heavy (non-hydrogen) atoms. The van der Waals surface area contributed by atoms with Gasteiger partial charge in [0.1, 0.15) is 10.6 Å². The van der Waals surface area contributed by atoms with Crippen molar-refractivity contribution in [2.24, 2.45) is 0 Å². The first kappa shape index (κ1) is 21.0. The van der Waals surface area contributed by atoms with E-state index in [0.29, 0.717) is 67.2 Å². The van der Waals surface area contributed by atoms with E-state index in [-0.39, 0.29) is 11.9 Å². The standard InChI is InChI=1S/C21H24N6O3S/c1-2-30-20(29)15-13-31-19-17(15)18(24-21(22)25-19)27-10-8-26(9-11-27)16(28)6-5-14-4-3-7-23-12-14/h3-4,7,12-13H,2,5-6,8-11H2,1H3,(H2,22,24,25). The number of pyridine rings is 1. The normalized spacial score (nSPS) is 14.1. The second-order valence-electron chi connectivity index (χ2n) is 7.18. The molecule has 3 aromatic rings. The number of nitrogens with two attached hydrogens (primary N) is 1. The monoisotopic (exact) mass is 440 g/mol. The van der Waals surface area contributed by atoms with Crippen LogP contribution < -0.4 is 10.6 Å². The van der Waals surface area contributed by atoms with Gasteiger partial charge in [0.15, 0.2) is 0 Å². The third-order valence-corrected chi connectivity index (χ3v) is 6.08. The molecule has 2 N–H and O–H groups in total. The van der Waals surface area contributed by atoms with Gasteiger partial charge < -0.3 is 20.3 Å².